The zero-order valence-electron chi connectivity index (χ0n) is 11.1. The molecule has 21 heavy (non-hydrogen) atoms. The fourth-order valence-corrected chi connectivity index (χ4v) is 2.04. The molecule has 0 aliphatic carbocycles. The largest absolute Gasteiger partial charge is 0.484 e. The van der Waals surface area contributed by atoms with E-state index in [1.807, 2.05) is 6.07 Å². The number of hydrogen-bond acceptors (Lipinski definition) is 4. The minimum atomic E-state index is -0.453. The van der Waals surface area contributed by atoms with Crippen LogP contribution in [0, 0.1) is 21.4 Å². The van der Waals surface area contributed by atoms with Crippen molar-refractivity contribution in [1.82, 2.24) is 0 Å². The highest BCUT2D eigenvalue weighted by molar-refractivity contribution is 6.32. The first-order chi connectivity index (χ1) is 10.0. The predicted molar refractivity (Wildman–Crippen MR) is 78.3 cm³/mol. The number of nitriles is 1. The molecule has 0 spiro atoms. The smallest absolute Gasteiger partial charge is 0.269 e. The van der Waals surface area contributed by atoms with E-state index in [1.165, 1.54) is 18.2 Å². The molecule has 6 heteroatoms. The summed E-state index contributed by atoms with van der Waals surface area (Å²) >= 11 is 6.04. The van der Waals surface area contributed by atoms with Gasteiger partial charge in [0.05, 0.1) is 21.6 Å². The lowest BCUT2D eigenvalue weighted by atomic mass is 10.1. The Morgan fingerprint density at radius 3 is 2.71 bits per heavy atom. The van der Waals surface area contributed by atoms with E-state index in [0.717, 1.165) is 0 Å². The van der Waals surface area contributed by atoms with Gasteiger partial charge in [-0.1, -0.05) is 23.7 Å². The van der Waals surface area contributed by atoms with Crippen molar-refractivity contribution in [2.75, 3.05) is 0 Å². The Labute approximate surface area is 126 Å². The first kappa shape index (κ1) is 14.8. The quantitative estimate of drug-likeness (QED) is 0.624. The maximum Gasteiger partial charge on any atom is 0.269 e. The van der Waals surface area contributed by atoms with Crippen molar-refractivity contribution in [2.45, 2.75) is 13.0 Å². The number of halogens is 1. The number of nitro groups is 1. The molecule has 2 rings (SSSR count). The third-order valence-electron chi connectivity index (χ3n) is 2.92. The number of nitrogens with zero attached hydrogens (tertiary/aromatic N) is 2. The van der Waals surface area contributed by atoms with Gasteiger partial charge in [0, 0.05) is 12.1 Å². The van der Waals surface area contributed by atoms with E-state index in [4.69, 9.17) is 21.6 Å². The molecular formula is C15H11ClN2O3. The normalized spacial score (nSPS) is 11.5. The molecule has 2 aromatic carbocycles. The topological polar surface area (TPSA) is 76.2 Å². The Balaban J connectivity index is 2.22. The Morgan fingerprint density at radius 1 is 1.33 bits per heavy atom. The van der Waals surface area contributed by atoms with Gasteiger partial charge in [0.25, 0.3) is 5.69 Å². The van der Waals surface area contributed by atoms with Gasteiger partial charge in [-0.2, -0.15) is 5.26 Å². The Bertz CT molecular complexity index is 725. The van der Waals surface area contributed by atoms with Crippen LogP contribution in [0.15, 0.2) is 42.5 Å². The summed E-state index contributed by atoms with van der Waals surface area (Å²) in [7, 11) is 0. The van der Waals surface area contributed by atoms with Crippen LogP contribution in [0.1, 0.15) is 24.2 Å². The zero-order valence-corrected chi connectivity index (χ0v) is 11.9. The molecule has 0 aliphatic heterocycles. The van der Waals surface area contributed by atoms with Gasteiger partial charge < -0.3 is 4.74 Å². The van der Waals surface area contributed by atoms with Gasteiger partial charge in [0.1, 0.15) is 11.9 Å². The van der Waals surface area contributed by atoms with Gasteiger partial charge in [-0.15, -0.1) is 0 Å². The highest BCUT2D eigenvalue weighted by atomic mass is 35.5. The van der Waals surface area contributed by atoms with E-state index in [2.05, 4.69) is 0 Å². The molecule has 1 atom stereocenters. The monoisotopic (exact) mass is 302 g/mol. The molecule has 0 radical (unpaired) electrons. The van der Waals surface area contributed by atoms with Crippen LogP contribution in [0.25, 0.3) is 0 Å². The fraction of sp³-hybridized carbons (Fsp3) is 0.133. The zero-order chi connectivity index (χ0) is 15.4. The van der Waals surface area contributed by atoms with Crippen LogP contribution in [0.5, 0.6) is 5.75 Å². The van der Waals surface area contributed by atoms with E-state index in [1.54, 1.807) is 31.2 Å². The molecule has 0 saturated carbocycles. The SMILES string of the molecule is CC(Oc1ccc(C#N)cc1Cl)c1cccc([N+](=O)[O-])c1. The molecule has 0 aromatic heterocycles. The van der Waals surface area contributed by atoms with Crippen molar-refractivity contribution in [2.24, 2.45) is 0 Å². The van der Waals surface area contributed by atoms with E-state index < -0.39 is 11.0 Å². The average Bonchev–Trinajstić information content (AvgIpc) is 2.49. The standard InChI is InChI=1S/C15H11ClN2O3/c1-10(12-3-2-4-13(8-12)18(19)20)21-15-6-5-11(9-17)7-14(15)16/h2-8,10H,1H3. The summed E-state index contributed by atoms with van der Waals surface area (Å²) in [5, 5.41) is 19.9. The number of non-ortho nitro benzene ring substituents is 1. The second kappa shape index (κ2) is 6.25. The highest BCUT2D eigenvalue weighted by Crippen LogP contribution is 2.30. The molecule has 0 N–H and O–H groups in total. The summed E-state index contributed by atoms with van der Waals surface area (Å²) in [6.07, 6.45) is -0.407. The summed E-state index contributed by atoms with van der Waals surface area (Å²) in [6, 6.07) is 12.9. The third kappa shape index (κ3) is 3.50. The number of ether oxygens (including phenoxy) is 1. The Hall–Kier alpha value is -2.58. The van der Waals surface area contributed by atoms with Crippen LogP contribution in [0.4, 0.5) is 5.69 Å². The molecule has 0 saturated heterocycles. The second-order valence-corrected chi connectivity index (χ2v) is 4.78. The number of rotatable bonds is 4. The summed E-state index contributed by atoms with van der Waals surface area (Å²) in [5.41, 5.74) is 1.12. The lowest BCUT2D eigenvalue weighted by Crippen LogP contribution is -2.04. The van der Waals surface area contributed by atoms with Gasteiger partial charge in [-0.05, 0) is 30.7 Å². The lowest BCUT2D eigenvalue weighted by Gasteiger charge is -2.16. The summed E-state index contributed by atoms with van der Waals surface area (Å²) in [5.74, 6) is 0.426. The Kier molecular flexibility index (Phi) is 4.41. The first-order valence-corrected chi connectivity index (χ1v) is 6.49. The van der Waals surface area contributed by atoms with Gasteiger partial charge >= 0.3 is 0 Å². The van der Waals surface area contributed by atoms with Crippen molar-refractivity contribution in [3.63, 3.8) is 0 Å². The minimum absolute atomic E-state index is 0.00822. The maximum absolute atomic E-state index is 10.8. The van der Waals surface area contributed by atoms with Crippen molar-refractivity contribution < 1.29 is 9.66 Å². The van der Waals surface area contributed by atoms with Crippen molar-refractivity contribution in [1.29, 1.82) is 5.26 Å². The highest BCUT2D eigenvalue weighted by Gasteiger charge is 2.13. The number of hydrogen-bond donors (Lipinski definition) is 0. The van der Waals surface area contributed by atoms with E-state index in [9.17, 15) is 10.1 Å². The molecule has 0 heterocycles. The third-order valence-corrected chi connectivity index (χ3v) is 3.21. The lowest BCUT2D eigenvalue weighted by molar-refractivity contribution is -0.385. The summed E-state index contributed by atoms with van der Waals surface area (Å²) in [6.45, 7) is 1.77. The molecule has 5 nitrogen and oxygen atoms in total. The van der Waals surface area contributed by atoms with Crippen molar-refractivity contribution in [3.8, 4) is 11.8 Å². The summed E-state index contributed by atoms with van der Waals surface area (Å²) in [4.78, 5) is 10.3. The first-order valence-electron chi connectivity index (χ1n) is 6.12. The molecule has 0 aliphatic rings. The van der Waals surface area contributed by atoms with E-state index >= 15 is 0 Å². The average molecular weight is 303 g/mol. The van der Waals surface area contributed by atoms with Crippen LogP contribution in [-0.2, 0) is 0 Å². The van der Waals surface area contributed by atoms with E-state index in [0.29, 0.717) is 21.9 Å². The van der Waals surface area contributed by atoms with E-state index in [-0.39, 0.29) is 5.69 Å². The fourth-order valence-electron chi connectivity index (χ4n) is 1.82. The van der Waals surface area contributed by atoms with Crippen LogP contribution in [0.3, 0.4) is 0 Å². The molecular weight excluding hydrogens is 292 g/mol. The molecule has 106 valence electrons. The summed E-state index contributed by atoms with van der Waals surface area (Å²) < 4.78 is 5.70. The molecule has 0 fully saturated rings. The minimum Gasteiger partial charge on any atom is -0.484 e. The number of nitro benzene ring substituents is 1. The Morgan fingerprint density at radius 2 is 2.10 bits per heavy atom. The van der Waals surface area contributed by atoms with Gasteiger partial charge in [0.15, 0.2) is 0 Å². The van der Waals surface area contributed by atoms with Crippen LogP contribution in [0.2, 0.25) is 5.02 Å². The molecule has 1 unspecified atom stereocenters. The van der Waals surface area contributed by atoms with Crippen molar-refractivity contribution in [3.05, 3.63) is 68.7 Å². The van der Waals surface area contributed by atoms with Crippen molar-refractivity contribution >= 4 is 17.3 Å². The van der Waals surface area contributed by atoms with Crippen LogP contribution in [-0.4, -0.2) is 4.92 Å². The molecule has 0 bridgehead atoms. The van der Waals surface area contributed by atoms with Gasteiger partial charge in [0.2, 0.25) is 0 Å². The second-order valence-electron chi connectivity index (χ2n) is 4.37. The van der Waals surface area contributed by atoms with Crippen LogP contribution >= 0.6 is 11.6 Å². The number of benzene rings is 2. The van der Waals surface area contributed by atoms with Gasteiger partial charge in [-0.3, -0.25) is 10.1 Å². The molecule has 2 aromatic rings. The molecule has 0 amide bonds. The van der Waals surface area contributed by atoms with Gasteiger partial charge in [-0.25, -0.2) is 0 Å². The predicted octanol–water partition coefficient (Wildman–Crippen LogP) is 4.26. The maximum atomic E-state index is 10.8. The van der Waals surface area contributed by atoms with Crippen LogP contribution < -0.4 is 4.74 Å².